The molecule has 23 heavy (non-hydrogen) atoms. The molecule has 0 aliphatic heterocycles. The molecule has 1 aromatic rings. The van der Waals surface area contributed by atoms with Crippen LogP contribution in [0.4, 0.5) is 0 Å². The van der Waals surface area contributed by atoms with Crippen molar-refractivity contribution in [3.63, 3.8) is 0 Å². The van der Waals surface area contributed by atoms with E-state index in [1.165, 1.54) is 10.6 Å². The summed E-state index contributed by atoms with van der Waals surface area (Å²) >= 11 is 5.99. The van der Waals surface area contributed by atoms with Crippen molar-refractivity contribution in [1.29, 1.82) is 0 Å². The number of nitrogens with one attached hydrogen (secondary N) is 1. The molecular formula is C16H23ClN2O3S. The number of benzene rings is 1. The van der Waals surface area contributed by atoms with Gasteiger partial charge in [0.25, 0.3) is 5.91 Å². The summed E-state index contributed by atoms with van der Waals surface area (Å²) in [6, 6.07) is 6.85. The molecule has 0 atom stereocenters. The summed E-state index contributed by atoms with van der Waals surface area (Å²) in [7, 11) is -3.28. The molecule has 1 aromatic carbocycles. The third kappa shape index (κ3) is 5.19. The number of carbonyl (C=O) groups is 1. The number of rotatable bonds is 6. The Balaban J connectivity index is 1.94. The van der Waals surface area contributed by atoms with Crippen LogP contribution in [-0.2, 0) is 10.0 Å². The number of carbonyl (C=O) groups excluding carboxylic acids is 1. The van der Waals surface area contributed by atoms with Gasteiger partial charge < -0.3 is 5.32 Å². The maximum absolute atomic E-state index is 12.1. The van der Waals surface area contributed by atoms with Gasteiger partial charge in [-0.2, -0.15) is 4.31 Å². The normalized spacial score (nSPS) is 16.5. The Bertz CT molecular complexity index is 642. The average molecular weight is 359 g/mol. The first kappa shape index (κ1) is 18.2. The maximum Gasteiger partial charge on any atom is 0.252 e. The van der Waals surface area contributed by atoms with E-state index >= 15 is 0 Å². The summed E-state index contributed by atoms with van der Waals surface area (Å²) in [4.78, 5) is 12.1. The van der Waals surface area contributed by atoms with Crippen molar-refractivity contribution in [2.45, 2.75) is 38.1 Å². The predicted molar refractivity (Wildman–Crippen MR) is 92.2 cm³/mol. The van der Waals surface area contributed by atoms with Crippen LogP contribution >= 0.6 is 11.6 Å². The highest BCUT2D eigenvalue weighted by Gasteiger charge is 2.27. The molecule has 0 heterocycles. The SMILES string of the molecule is CS(=O)(=O)N(CCNC(=O)c1ccccc1Cl)C1CCCCC1. The van der Waals surface area contributed by atoms with E-state index in [-0.39, 0.29) is 18.5 Å². The smallest absolute Gasteiger partial charge is 0.252 e. The molecule has 1 aliphatic rings. The quantitative estimate of drug-likeness (QED) is 0.850. The lowest BCUT2D eigenvalue weighted by Gasteiger charge is -2.32. The minimum Gasteiger partial charge on any atom is -0.351 e. The van der Waals surface area contributed by atoms with Gasteiger partial charge in [-0.15, -0.1) is 0 Å². The molecule has 0 saturated heterocycles. The lowest BCUT2D eigenvalue weighted by molar-refractivity contribution is 0.0949. The maximum atomic E-state index is 12.1. The molecule has 5 nitrogen and oxygen atoms in total. The standard InChI is InChI=1S/C16H23ClN2O3S/c1-23(21,22)19(13-7-3-2-4-8-13)12-11-18-16(20)14-9-5-6-10-15(14)17/h5-6,9-10,13H,2-4,7-8,11-12H2,1H3,(H,18,20). The Hall–Kier alpha value is -1.11. The van der Waals surface area contributed by atoms with Gasteiger partial charge in [0.05, 0.1) is 16.8 Å². The van der Waals surface area contributed by atoms with Gasteiger partial charge >= 0.3 is 0 Å². The summed E-state index contributed by atoms with van der Waals surface area (Å²) in [5.74, 6) is -0.285. The topological polar surface area (TPSA) is 66.5 Å². The summed E-state index contributed by atoms with van der Waals surface area (Å²) in [6.45, 7) is 0.563. The molecule has 0 bridgehead atoms. The van der Waals surface area contributed by atoms with Crippen LogP contribution in [0.25, 0.3) is 0 Å². The molecule has 0 aromatic heterocycles. The predicted octanol–water partition coefficient (Wildman–Crippen LogP) is 2.66. The van der Waals surface area contributed by atoms with Crippen LogP contribution in [-0.4, -0.2) is 44.0 Å². The van der Waals surface area contributed by atoms with Crippen molar-refractivity contribution < 1.29 is 13.2 Å². The minimum atomic E-state index is -3.28. The van der Waals surface area contributed by atoms with E-state index in [2.05, 4.69) is 5.32 Å². The molecule has 128 valence electrons. The van der Waals surface area contributed by atoms with Crippen molar-refractivity contribution in [2.75, 3.05) is 19.3 Å². The van der Waals surface area contributed by atoms with Gasteiger partial charge in [0.2, 0.25) is 10.0 Å². The Morgan fingerprint density at radius 3 is 2.52 bits per heavy atom. The zero-order valence-electron chi connectivity index (χ0n) is 13.3. The van der Waals surface area contributed by atoms with E-state index in [4.69, 9.17) is 11.6 Å². The Morgan fingerprint density at radius 2 is 1.91 bits per heavy atom. The molecule has 0 radical (unpaired) electrons. The van der Waals surface area contributed by atoms with Gasteiger partial charge in [-0.3, -0.25) is 4.79 Å². The molecule has 1 aliphatic carbocycles. The van der Waals surface area contributed by atoms with Crippen molar-refractivity contribution in [3.8, 4) is 0 Å². The molecule has 1 amide bonds. The first-order valence-electron chi connectivity index (χ1n) is 7.89. The van der Waals surface area contributed by atoms with Crippen molar-refractivity contribution in [1.82, 2.24) is 9.62 Å². The van der Waals surface area contributed by atoms with Crippen LogP contribution in [0.1, 0.15) is 42.5 Å². The van der Waals surface area contributed by atoms with Gasteiger partial charge in [0, 0.05) is 19.1 Å². The zero-order chi connectivity index (χ0) is 16.9. The van der Waals surface area contributed by atoms with E-state index in [9.17, 15) is 13.2 Å². The van der Waals surface area contributed by atoms with Gasteiger partial charge in [-0.1, -0.05) is 43.0 Å². The summed E-state index contributed by atoms with van der Waals surface area (Å²) < 4.78 is 25.6. The third-order valence-electron chi connectivity index (χ3n) is 4.14. The fraction of sp³-hybridized carbons (Fsp3) is 0.562. The Morgan fingerprint density at radius 1 is 1.26 bits per heavy atom. The number of hydrogen-bond acceptors (Lipinski definition) is 3. The fourth-order valence-electron chi connectivity index (χ4n) is 3.01. The monoisotopic (exact) mass is 358 g/mol. The molecular weight excluding hydrogens is 336 g/mol. The molecule has 7 heteroatoms. The van der Waals surface area contributed by atoms with Gasteiger partial charge in [0.1, 0.15) is 0 Å². The molecule has 2 rings (SSSR count). The van der Waals surface area contributed by atoms with Crippen LogP contribution in [0.3, 0.4) is 0 Å². The number of nitrogens with zero attached hydrogens (tertiary/aromatic N) is 1. The molecule has 0 unspecified atom stereocenters. The second-order valence-corrected chi connectivity index (χ2v) is 8.24. The zero-order valence-corrected chi connectivity index (χ0v) is 14.9. The van der Waals surface area contributed by atoms with Crippen LogP contribution in [0.15, 0.2) is 24.3 Å². The molecule has 1 fully saturated rings. The Kier molecular flexibility index (Phi) is 6.44. The van der Waals surface area contributed by atoms with Crippen LogP contribution in [0.5, 0.6) is 0 Å². The summed E-state index contributed by atoms with van der Waals surface area (Å²) in [5, 5.41) is 3.14. The highest BCUT2D eigenvalue weighted by molar-refractivity contribution is 7.88. The van der Waals surface area contributed by atoms with Crippen LogP contribution in [0.2, 0.25) is 5.02 Å². The summed E-state index contributed by atoms with van der Waals surface area (Å²) in [6.07, 6.45) is 6.30. The molecule has 0 spiro atoms. The lowest BCUT2D eigenvalue weighted by atomic mass is 9.95. The van der Waals surface area contributed by atoms with Crippen LogP contribution < -0.4 is 5.32 Å². The van der Waals surface area contributed by atoms with Gasteiger partial charge in [-0.25, -0.2) is 8.42 Å². The minimum absolute atomic E-state index is 0.0518. The Labute approximate surface area is 143 Å². The fourth-order valence-corrected chi connectivity index (χ4v) is 4.41. The van der Waals surface area contributed by atoms with Crippen molar-refractivity contribution in [3.05, 3.63) is 34.9 Å². The first-order valence-corrected chi connectivity index (χ1v) is 10.1. The second kappa shape index (κ2) is 8.13. The number of halogens is 1. The third-order valence-corrected chi connectivity index (χ3v) is 5.81. The number of sulfonamides is 1. The van der Waals surface area contributed by atoms with E-state index in [0.717, 1.165) is 32.1 Å². The highest BCUT2D eigenvalue weighted by atomic mass is 35.5. The number of amides is 1. The first-order chi connectivity index (χ1) is 10.9. The van der Waals surface area contributed by atoms with Gasteiger partial charge in [0.15, 0.2) is 0 Å². The summed E-state index contributed by atoms with van der Waals surface area (Å²) in [5.41, 5.74) is 0.401. The van der Waals surface area contributed by atoms with Crippen molar-refractivity contribution >= 4 is 27.5 Å². The lowest BCUT2D eigenvalue weighted by Crippen LogP contribution is -2.45. The van der Waals surface area contributed by atoms with Crippen molar-refractivity contribution in [2.24, 2.45) is 0 Å². The van der Waals surface area contributed by atoms with E-state index in [0.29, 0.717) is 17.1 Å². The molecule has 1 saturated carbocycles. The van der Waals surface area contributed by atoms with E-state index in [1.54, 1.807) is 24.3 Å². The van der Waals surface area contributed by atoms with E-state index < -0.39 is 10.0 Å². The van der Waals surface area contributed by atoms with E-state index in [1.807, 2.05) is 0 Å². The van der Waals surface area contributed by atoms with Crippen LogP contribution in [0, 0.1) is 0 Å². The largest absolute Gasteiger partial charge is 0.351 e. The number of hydrogen-bond donors (Lipinski definition) is 1. The van der Waals surface area contributed by atoms with Gasteiger partial charge in [-0.05, 0) is 25.0 Å². The molecule has 1 N–H and O–H groups in total. The average Bonchev–Trinajstić information content (AvgIpc) is 2.51. The highest BCUT2D eigenvalue weighted by Crippen LogP contribution is 2.24. The second-order valence-electron chi connectivity index (χ2n) is 5.90.